The molecule has 3 heterocycles. The minimum atomic E-state index is -3.50. The molecule has 2 fully saturated rings. The van der Waals surface area contributed by atoms with E-state index in [1.807, 2.05) is 50.2 Å². The molecule has 0 radical (unpaired) electrons. The molecule has 6 nitrogen and oxygen atoms in total. The van der Waals surface area contributed by atoms with Crippen LogP contribution < -0.4 is 4.90 Å². The van der Waals surface area contributed by atoms with Crippen molar-refractivity contribution in [2.75, 3.05) is 24.5 Å². The van der Waals surface area contributed by atoms with Crippen LogP contribution >= 0.6 is 0 Å². The lowest BCUT2D eigenvalue weighted by Crippen LogP contribution is -2.65. The highest BCUT2D eigenvalue weighted by atomic mass is 32.2. The number of fused-ring (bicyclic) bond motifs is 2. The number of aromatic nitrogens is 2. The van der Waals surface area contributed by atoms with Crippen LogP contribution in [0.4, 0.5) is 5.82 Å². The lowest BCUT2D eigenvalue weighted by molar-refractivity contribution is 0.170. The predicted octanol–water partition coefficient (Wildman–Crippen LogP) is 3.15. The quantitative estimate of drug-likeness (QED) is 0.666. The normalized spacial score (nSPS) is 22.3. The molecule has 1 aromatic heterocycles. The summed E-state index contributed by atoms with van der Waals surface area (Å²) >= 11 is 0. The van der Waals surface area contributed by atoms with Gasteiger partial charge in [0.1, 0.15) is 5.82 Å². The summed E-state index contributed by atoms with van der Waals surface area (Å²) in [7, 11) is -3.50. The molecular formula is C22H24N4O2S. The van der Waals surface area contributed by atoms with Crippen LogP contribution in [-0.2, 0) is 10.0 Å². The molecule has 3 aromatic rings. The minimum absolute atomic E-state index is 0.153. The monoisotopic (exact) mass is 408 g/mol. The van der Waals surface area contributed by atoms with E-state index in [-0.39, 0.29) is 6.04 Å². The van der Waals surface area contributed by atoms with Gasteiger partial charge < -0.3 is 4.90 Å². The third-order valence-electron chi connectivity index (χ3n) is 6.19. The number of benzene rings is 2. The third kappa shape index (κ3) is 3.09. The van der Waals surface area contributed by atoms with Gasteiger partial charge in [-0.15, -0.1) is 0 Å². The smallest absolute Gasteiger partial charge is 0.243 e. The highest BCUT2D eigenvalue weighted by Gasteiger charge is 2.46. The molecule has 2 aliphatic heterocycles. The van der Waals surface area contributed by atoms with Crippen LogP contribution in [0.15, 0.2) is 53.6 Å². The molecule has 2 atom stereocenters. The number of aryl methyl sites for hydroxylation is 2. The van der Waals surface area contributed by atoms with E-state index in [2.05, 4.69) is 9.88 Å². The molecule has 0 aliphatic carbocycles. The van der Waals surface area contributed by atoms with Gasteiger partial charge in [-0.3, -0.25) is 4.98 Å². The summed E-state index contributed by atoms with van der Waals surface area (Å²) < 4.78 is 28.2. The maximum absolute atomic E-state index is 13.3. The Morgan fingerprint density at radius 3 is 2.62 bits per heavy atom. The van der Waals surface area contributed by atoms with Gasteiger partial charge in [0.15, 0.2) is 0 Å². The molecule has 0 saturated carbocycles. The van der Waals surface area contributed by atoms with Crippen LogP contribution in [-0.4, -0.2) is 48.4 Å². The molecular weight excluding hydrogens is 384 g/mol. The van der Waals surface area contributed by atoms with Gasteiger partial charge in [-0.1, -0.05) is 29.8 Å². The molecule has 2 saturated heterocycles. The Balaban J connectivity index is 1.41. The molecule has 0 N–H and O–H groups in total. The molecule has 7 heteroatoms. The molecule has 0 amide bonds. The number of anilines is 1. The number of rotatable bonds is 3. The van der Waals surface area contributed by atoms with Crippen molar-refractivity contribution >= 4 is 26.9 Å². The zero-order valence-electron chi connectivity index (χ0n) is 16.6. The molecule has 0 bridgehead atoms. The second kappa shape index (κ2) is 6.78. The highest BCUT2D eigenvalue weighted by molar-refractivity contribution is 7.89. The Labute approximate surface area is 171 Å². The lowest BCUT2D eigenvalue weighted by atomic mass is 9.83. The van der Waals surface area contributed by atoms with Gasteiger partial charge in [0.25, 0.3) is 0 Å². The number of nitrogens with zero attached hydrogens (tertiary/aromatic N) is 4. The maximum Gasteiger partial charge on any atom is 0.243 e. The van der Waals surface area contributed by atoms with Crippen molar-refractivity contribution in [2.24, 2.45) is 5.92 Å². The van der Waals surface area contributed by atoms with Crippen molar-refractivity contribution in [1.82, 2.24) is 14.3 Å². The van der Waals surface area contributed by atoms with E-state index < -0.39 is 10.0 Å². The third-order valence-corrected chi connectivity index (χ3v) is 8.22. The average Bonchev–Trinajstić information content (AvgIpc) is 2.68. The van der Waals surface area contributed by atoms with E-state index in [4.69, 9.17) is 4.98 Å². The topological polar surface area (TPSA) is 66.4 Å². The summed E-state index contributed by atoms with van der Waals surface area (Å²) in [6.07, 6.45) is 2.68. The molecule has 29 heavy (non-hydrogen) atoms. The summed E-state index contributed by atoms with van der Waals surface area (Å²) in [4.78, 5) is 11.9. The number of hydrogen-bond donors (Lipinski definition) is 0. The molecule has 0 unspecified atom stereocenters. The van der Waals surface area contributed by atoms with Crippen molar-refractivity contribution in [3.8, 4) is 0 Å². The highest BCUT2D eigenvalue weighted by Crippen LogP contribution is 2.37. The van der Waals surface area contributed by atoms with Crippen LogP contribution in [0.1, 0.15) is 17.5 Å². The zero-order chi connectivity index (χ0) is 20.2. The Morgan fingerprint density at radius 1 is 1.03 bits per heavy atom. The standard InChI is InChI=1S/C22H24N4O2S/c1-15-7-8-21(16(2)11-15)29(27,28)25-10-9-17-13-26(20(17)14-25)22-12-23-18-5-3-4-6-19(18)24-22/h3-8,11-12,17,20H,9-10,13-14H2,1-2H3/t17-,20-/m0/s1. The number of sulfonamides is 1. The Kier molecular flexibility index (Phi) is 4.33. The van der Waals surface area contributed by atoms with E-state index in [0.29, 0.717) is 23.9 Å². The number of piperidine rings is 1. The summed E-state index contributed by atoms with van der Waals surface area (Å²) in [5.41, 5.74) is 3.61. The lowest BCUT2D eigenvalue weighted by Gasteiger charge is -2.53. The summed E-state index contributed by atoms with van der Waals surface area (Å²) in [6, 6.07) is 13.5. The van der Waals surface area contributed by atoms with Crippen LogP contribution in [0.5, 0.6) is 0 Å². The van der Waals surface area contributed by atoms with Crippen LogP contribution in [0.2, 0.25) is 0 Å². The van der Waals surface area contributed by atoms with Crippen molar-refractivity contribution in [2.45, 2.75) is 31.2 Å². The predicted molar refractivity (Wildman–Crippen MR) is 113 cm³/mol. The van der Waals surface area contributed by atoms with Gasteiger partial charge >= 0.3 is 0 Å². The van der Waals surface area contributed by atoms with E-state index >= 15 is 0 Å². The molecule has 2 aromatic carbocycles. The van der Waals surface area contributed by atoms with Gasteiger partial charge in [0, 0.05) is 25.7 Å². The van der Waals surface area contributed by atoms with Crippen molar-refractivity contribution in [3.05, 3.63) is 59.8 Å². The van der Waals surface area contributed by atoms with E-state index in [0.717, 1.165) is 40.9 Å². The first-order valence-corrected chi connectivity index (χ1v) is 11.4. The minimum Gasteiger partial charge on any atom is -0.350 e. The van der Waals surface area contributed by atoms with Gasteiger partial charge in [0.05, 0.1) is 22.1 Å². The van der Waals surface area contributed by atoms with Gasteiger partial charge in [0.2, 0.25) is 10.0 Å². The van der Waals surface area contributed by atoms with Crippen LogP contribution in [0.3, 0.4) is 0 Å². The van der Waals surface area contributed by atoms with Crippen molar-refractivity contribution in [1.29, 1.82) is 0 Å². The fraction of sp³-hybridized carbons (Fsp3) is 0.364. The summed E-state index contributed by atoms with van der Waals surface area (Å²) in [6.45, 7) is 5.83. The average molecular weight is 409 g/mol. The molecule has 0 spiro atoms. The second-order valence-corrected chi connectivity index (χ2v) is 10.0. The van der Waals surface area contributed by atoms with E-state index in [1.54, 1.807) is 16.6 Å². The van der Waals surface area contributed by atoms with Gasteiger partial charge in [-0.25, -0.2) is 13.4 Å². The van der Waals surface area contributed by atoms with E-state index in [9.17, 15) is 8.42 Å². The largest absolute Gasteiger partial charge is 0.350 e. The van der Waals surface area contributed by atoms with Gasteiger partial charge in [-0.2, -0.15) is 4.31 Å². The SMILES string of the molecule is Cc1ccc(S(=O)(=O)N2CC[C@H]3CN(c4cnc5ccccc5n4)[C@H]3C2)c(C)c1. The molecule has 150 valence electrons. The van der Waals surface area contributed by atoms with Crippen LogP contribution in [0, 0.1) is 19.8 Å². The number of para-hydroxylation sites is 2. The molecule has 2 aliphatic rings. The second-order valence-electron chi connectivity index (χ2n) is 8.12. The van der Waals surface area contributed by atoms with Crippen molar-refractivity contribution in [3.63, 3.8) is 0 Å². The fourth-order valence-corrected chi connectivity index (χ4v) is 6.24. The number of hydrogen-bond acceptors (Lipinski definition) is 5. The summed E-state index contributed by atoms with van der Waals surface area (Å²) in [5, 5.41) is 0. The summed E-state index contributed by atoms with van der Waals surface area (Å²) in [5.74, 6) is 1.34. The van der Waals surface area contributed by atoms with Crippen molar-refractivity contribution < 1.29 is 8.42 Å². The van der Waals surface area contributed by atoms with Crippen LogP contribution in [0.25, 0.3) is 11.0 Å². The Hall–Kier alpha value is -2.51. The van der Waals surface area contributed by atoms with Gasteiger partial charge in [-0.05, 0) is 49.9 Å². The molecule has 5 rings (SSSR count). The zero-order valence-corrected chi connectivity index (χ0v) is 17.4. The first kappa shape index (κ1) is 18.5. The fourth-order valence-electron chi connectivity index (χ4n) is 4.56. The Bertz CT molecular complexity index is 1190. The van der Waals surface area contributed by atoms with E-state index in [1.165, 1.54) is 0 Å². The maximum atomic E-state index is 13.3. The Morgan fingerprint density at radius 2 is 1.83 bits per heavy atom. The first-order chi connectivity index (χ1) is 13.9. The first-order valence-electron chi connectivity index (χ1n) is 9.99.